The monoisotopic (exact) mass is 470 g/mol. The van der Waals surface area contributed by atoms with Gasteiger partial charge in [0.25, 0.3) is 0 Å². The van der Waals surface area contributed by atoms with Crippen molar-refractivity contribution in [3.8, 4) is 11.1 Å². The Labute approximate surface area is 199 Å². The molecule has 3 aromatic heterocycles. The maximum atomic E-state index is 12.3. The summed E-state index contributed by atoms with van der Waals surface area (Å²) in [4.78, 5) is 16.8. The van der Waals surface area contributed by atoms with Crippen LogP contribution in [-0.2, 0) is 19.8 Å². The summed E-state index contributed by atoms with van der Waals surface area (Å²) >= 11 is 0. The number of hydrogen-bond donors (Lipinski definition) is 2. The lowest BCUT2D eigenvalue weighted by Crippen LogP contribution is -2.37. The summed E-state index contributed by atoms with van der Waals surface area (Å²) in [7, 11) is 3.04. The van der Waals surface area contributed by atoms with E-state index in [-0.39, 0.29) is 24.0 Å². The van der Waals surface area contributed by atoms with Gasteiger partial charge in [0, 0.05) is 42.1 Å². The number of ether oxygens (including phenoxy) is 2. The highest BCUT2D eigenvalue weighted by Gasteiger charge is 2.32. The van der Waals surface area contributed by atoms with E-state index in [4.69, 9.17) is 14.6 Å². The molecule has 1 fully saturated rings. The molecule has 1 aliphatic carbocycles. The second kappa shape index (κ2) is 9.71. The van der Waals surface area contributed by atoms with Crippen LogP contribution in [0.1, 0.15) is 58.1 Å². The zero-order valence-corrected chi connectivity index (χ0v) is 20.5. The fourth-order valence-electron chi connectivity index (χ4n) is 4.60. The first-order valence-electron chi connectivity index (χ1n) is 11.7. The second-order valence-corrected chi connectivity index (χ2v) is 9.59. The van der Waals surface area contributed by atoms with Crippen molar-refractivity contribution in [1.82, 2.24) is 24.4 Å². The van der Waals surface area contributed by atoms with E-state index < -0.39 is 5.54 Å². The summed E-state index contributed by atoms with van der Waals surface area (Å²) in [5.41, 5.74) is 2.83. The number of carbonyl (C=O) groups is 1. The molecule has 0 amide bonds. The lowest BCUT2D eigenvalue weighted by molar-refractivity contribution is -0.150. The van der Waals surface area contributed by atoms with E-state index >= 15 is 0 Å². The van der Waals surface area contributed by atoms with Crippen molar-refractivity contribution in [1.29, 1.82) is 0 Å². The predicted molar refractivity (Wildman–Crippen MR) is 128 cm³/mol. The minimum atomic E-state index is -0.935. The summed E-state index contributed by atoms with van der Waals surface area (Å²) in [6, 6.07) is 2.20. The van der Waals surface area contributed by atoms with Crippen molar-refractivity contribution in [2.24, 2.45) is 0 Å². The SMILES string of the molecule is COC[C@H](C)Nc1ncc2c(-c3cnn(C(C)(C)C(=O)OC)c3)cc(C3CCC(O)CC3)n2n1. The Morgan fingerprint density at radius 1 is 1.26 bits per heavy atom. The topological polar surface area (TPSA) is 116 Å². The van der Waals surface area contributed by atoms with Crippen LogP contribution in [-0.4, -0.2) is 68.4 Å². The first-order valence-corrected chi connectivity index (χ1v) is 11.7. The van der Waals surface area contributed by atoms with Gasteiger partial charge in [-0.05, 0) is 52.5 Å². The quantitative estimate of drug-likeness (QED) is 0.483. The van der Waals surface area contributed by atoms with Crippen molar-refractivity contribution in [3.63, 3.8) is 0 Å². The number of anilines is 1. The number of rotatable bonds is 8. The molecule has 0 radical (unpaired) electrons. The van der Waals surface area contributed by atoms with Crippen LogP contribution < -0.4 is 5.32 Å². The number of aliphatic hydroxyl groups is 1. The molecule has 3 aromatic rings. The van der Waals surface area contributed by atoms with E-state index in [0.29, 0.717) is 12.6 Å². The number of carbonyl (C=O) groups excluding carboxylic acids is 1. The number of nitrogens with one attached hydrogen (secondary N) is 1. The molecular formula is C24H34N6O4. The van der Waals surface area contributed by atoms with E-state index in [2.05, 4.69) is 21.5 Å². The minimum absolute atomic E-state index is 0.0598. The summed E-state index contributed by atoms with van der Waals surface area (Å²) in [5.74, 6) is 0.443. The Morgan fingerprint density at radius 3 is 2.68 bits per heavy atom. The number of nitrogens with zero attached hydrogens (tertiary/aromatic N) is 5. The van der Waals surface area contributed by atoms with Gasteiger partial charge in [0.1, 0.15) is 0 Å². The maximum absolute atomic E-state index is 12.3. The summed E-state index contributed by atoms with van der Waals surface area (Å²) in [6.07, 6.45) is 8.53. The van der Waals surface area contributed by atoms with Crippen LogP contribution in [0, 0.1) is 0 Å². The third kappa shape index (κ3) is 4.65. The molecule has 2 N–H and O–H groups in total. The average molecular weight is 471 g/mol. The molecule has 0 unspecified atom stereocenters. The third-order valence-corrected chi connectivity index (χ3v) is 6.60. The van der Waals surface area contributed by atoms with E-state index in [1.807, 2.05) is 23.8 Å². The lowest BCUT2D eigenvalue weighted by atomic mass is 9.85. The standard InChI is InChI=1S/C24H34N6O4/c1-15(14-33-4)27-23-25-12-21-19(17-11-26-29(13-17)24(2,3)22(32)34-5)10-20(30(21)28-23)16-6-8-18(31)9-7-16/h10-13,15-16,18,31H,6-9,14H2,1-5H3,(H,27,28)/t15-,16?,18?/m0/s1. The third-order valence-electron chi connectivity index (χ3n) is 6.60. The van der Waals surface area contributed by atoms with Crippen LogP contribution in [0.2, 0.25) is 0 Å². The van der Waals surface area contributed by atoms with Gasteiger partial charge < -0.3 is 19.9 Å². The first kappa shape index (κ1) is 24.2. The summed E-state index contributed by atoms with van der Waals surface area (Å²) in [5, 5.41) is 22.6. The van der Waals surface area contributed by atoms with E-state index in [9.17, 15) is 9.90 Å². The Morgan fingerprint density at radius 2 is 2.00 bits per heavy atom. The minimum Gasteiger partial charge on any atom is -0.467 e. The normalized spacial score (nSPS) is 19.8. The first-order chi connectivity index (χ1) is 16.2. The molecular weight excluding hydrogens is 436 g/mol. The second-order valence-electron chi connectivity index (χ2n) is 9.59. The van der Waals surface area contributed by atoms with Crippen molar-refractivity contribution in [2.75, 3.05) is 26.1 Å². The van der Waals surface area contributed by atoms with Gasteiger partial charge in [-0.1, -0.05) is 0 Å². The van der Waals surface area contributed by atoms with Gasteiger partial charge >= 0.3 is 5.97 Å². The molecule has 0 bridgehead atoms. The van der Waals surface area contributed by atoms with Crippen LogP contribution in [0.4, 0.5) is 5.95 Å². The molecule has 0 spiro atoms. The number of esters is 1. The maximum Gasteiger partial charge on any atom is 0.333 e. The fraction of sp³-hybridized carbons (Fsp3) is 0.583. The highest BCUT2D eigenvalue weighted by molar-refractivity contribution is 5.82. The van der Waals surface area contributed by atoms with E-state index in [0.717, 1.165) is 48.0 Å². The van der Waals surface area contributed by atoms with Gasteiger partial charge in [0.15, 0.2) is 5.54 Å². The number of fused-ring (bicyclic) bond motifs is 1. The average Bonchev–Trinajstić information content (AvgIpc) is 3.44. The lowest BCUT2D eigenvalue weighted by Gasteiger charge is -2.25. The summed E-state index contributed by atoms with van der Waals surface area (Å²) < 4.78 is 13.7. The molecule has 4 rings (SSSR count). The molecule has 184 valence electrons. The molecule has 10 heteroatoms. The number of hydrogen-bond acceptors (Lipinski definition) is 8. The number of aliphatic hydroxyl groups excluding tert-OH is 1. The Bertz CT molecular complexity index is 1150. The van der Waals surface area contributed by atoms with Crippen LogP contribution >= 0.6 is 0 Å². The molecule has 0 saturated heterocycles. The fourth-order valence-corrected chi connectivity index (χ4v) is 4.60. The molecule has 10 nitrogen and oxygen atoms in total. The van der Waals surface area contributed by atoms with Gasteiger partial charge in [0.05, 0.1) is 37.7 Å². The molecule has 1 atom stereocenters. The van der Waals surface area contributed by atoms with Crippen LogP contribution in [0.25, 0.3) is 16.6 Å². The van der Waals surface area contributed by atoms with Crippen LogP contribution in [0.3, 0.4) is 0 Å². The van der Waals surface area contributed by atoms with Gasteiger partial charge in [-0.3, -0.25) is 4.68 Å². The van der Waals surface area contributed by atoms with Gasteiger partial charge in [-0.15, -0.1) is 5.10 Å². The van der Waals surface area contributed by atoms with Crippen LogP contribution in [0.15, 0.2) is 24.7 Å². The molecule has 0 aliphatic heterocycles. The molecule has 1 aliphatic rings. The van der Waals surface area contributed by atoms with Crippen molar-refractivity contribution in [2.45, 2.75) is 70.1 Å². The van der Waals surface area contributed by atoms with Crippen LogP contribution in [0.5, 0.6) is 0 Å². The largest absolute Gasteiger partial charge is 0.467 e. The zero-order valence-electron chi connectivity index (χ0n) is 20.5. The van der Waals surface area contributed by atoms with Crippen molar-refractivity contribution in [3.05, 3.63) is 30.4 Å². The molecule has 34 heavy (non-hydrogen) atoms. The molecule has 0 aromatic carbocycles. The van der Waals surface area contributed by atoms with Crippen molar-refractivity contribution >= 4 is 17.4 Å². The van der Waals surface area contributed by atoms with Gasteiger partial charge in [-0.2, -0.15) is 5.10 Å². The Hall–Kier alpha value is -2.98. The highest BCUT2D eigenvalue weighted by atomic mass is 16.5. The predicted octanol–water partition coefficient (Wildman–Crippen LogP) is 2.97. The van der Waals surface area contributed by atoms with Gasteiger partial charge in [-0.25, -0.2) is 14.3 Å². The Kier molecular flexibility index (Phi) is 6.90. The molecule has 3 heterocycles. The number of aromatic nitrogens is 5. The smallest absolute Gasteiger partial charge is 0.333 e. The Balaban J connectivity index is 1.76. The van der Waals surface area contributed by atoms with E-state index in [1.54, 1.807) is 31.8 Å². The summed E-state index contributed by atoms with van der Waals surface area (Å²) in [6.45, 7) is 6.10. The van der Waals surface area contributed by atoms with Gasteiger partial charge in [0.2, 0.25) is 5.95 Å². The number of methoxy groups -OCH3 is 2. The van der Waals surface area contributed by atoms with Crippen molar-refractivity contribution < 1.29 is 19.4 Å². The molecule has 1 saturated carbocycles. The zero-order chi connectivity index (χ0) is 24.5. The van der Waals surface area contributed by atoms with E-state index in [1.165, 1.54) is 7.11 Å². The highest BCUT2D eigenvalue weighted by Crippen LogP contribution is 2.38.